The van der Waals surface area contributed by atoms with Gasteiger partial charge in [-0.15, -0.1) is 11.8 Å². The van der Waals surface area contributed by atoms with Crippen LogP contribution in [0.15, 0.2) is 53.4 Å². The third-order valence-corrected chi connectivity index (χ3v) is 4.77. The second-order valence-corrected chi connectivity index (χ2v) is 6.08. The fourth-order valence-corrected chi connectivity index (χ4v) is 3.31. The van der Waals surface area contributed by atoms with Crippen molar-refractivity contribution in [3.63, 3.8) is 0 Å². The Balaban J connectivity index is 1.81. The number of benzene rings is 2. The third kappa shape index (κ3) is 2.62. The molecule has 0 radical (unpaired) electrons. The van der Waals surface area contributed by atoms with E-state index in [2.05, 4.69) is 59.7 Å². The molecule has 0 aromatic heterocycles. The molecule has 0 saturated carbocycles. The van der Waals surface area contributed by atoms with E-state index in [-0.39, 0.29) is 0 Å². The maximum Gasteiger partial charge on any atom is 0.0477 e. The van der Waals surface area contributed by atoms with Crippen molar-refractivity contribution in [1.82, 2.24) is 4.90 Å². The topological polar surface area (TPSA) is 29.3 Å². The van der Waals surface area contributed by atoms with Gasteiger partial charge < -0.3 is 5.73 Å². The van der Waals surface area contributed by atoms with E-state index in [0.29, 0.717) is 12.6 Å². The maximum atomic E-state index is 6.04. The molecular weight excluding hydrogens is 264 g/mol. The quantitative estimate of drug-likeness (QED) is 0.872. The fraction of sp³-hybridized carbons (Fsp3) is 0.294. The van der Waals surface area contributed by atoms with E-state index in [0.717, 1.165) is 13.1 Å². The SMILES string of the molecule is CSc1ccc(C(CN)N2Cc3ccccc3C2)cc1. The molecule has 1 atom stereocenters. The van der Waals surface area contributed by atoms with Crippen molar-refractivity contribution in [2.45, 2.75) is 24.0 Å². The Morgan fingerprint density at radius 3 is 2.15 bits per heavy atom. The van der Waals surface area contributed by atoms with Crippen LogP contribution in [-0.2, 0) is 13.1 Å². The number of nitrogens with zero attached hydrogens (tertiary/aromatic N) is 1. The van der Waals surface area contributed by atoms with Crippen LogP contribution in [0.25, 0.3) is 0 Å². The largest absolute Gasteiger partial charge is 0.329 e. The summed E-state index contributed by atoms with van der Waals surface area (Å²) >= 11 is 1.77. The molecule has 0 saturated heterocycles. The van der Waals surface area contributed by atoms with Crippen LogP contribution in [-0.4, -0.2) is 17.7 Å². The predicted octanol–water partition coefficient (Wildman–Crippen LogP) is 3.42. The lowest BCUT2D eigenvalue weighted by molar-refractivity contribution is 0.205. The zero-order valence-electron chi connectivity index (χ0n) is 11.8. The lowest BCUT2D eigenvalue weighted by Crippen LogP contribution is -2.29. The summed E-state index contributed by atoms with van der Waals surface area (Å²) in [6, 6.07) is 17.8. The molecule has 1 aliphatic heterocycles. The van der Waals surface area contributed by atoms with Gasteiger partial charge in [-0.25, -0.2) is 0 Å². The van der Waals surface area contributed by atoms with Crippen LogP contribution in [0.1, 0.15) is 22.7 Å². The Labute approximate surface area is 125 Å². The van der Waals surface area contributed by atoms with Crippen molar-refractivity contribution >= 4 is 11.8 Å². The Bertz CT molecular complexity index is 555. The van der Waals surface area contributed by atoms with Gasteiger partial charge in [0.25, 0.3) is 0 Å². The van der Waals surface area contributed by atoms with E-state index in [1.54, 1.807) is 11.8 Å². The molecule has 2 N–H and O–H groups in total. The molecule has 3 rings (SSSR count). The average Bonchev–Trinajstić information content (AvgIpc) is 2.92. The van der Waals surface area contributed by atoms with E-state index in [1.165, 1.54) is 21.6 Å². The van der Waals surface area contributed by atoms with Crippen LogP contribution in [0.2, 0.25) is 0 Å². The molecule has 3 heteroatoms. The third-order valence-electron chi connectivity index (χ3n) is 4.03. The normalized spacial score (nSPS) is 16.1. The molecule has 20 heavy (non-hydrogen) atoms. The first-order valence-electron chi connectivity index (χ1n) is 6.96. The minimum absolute atomic E-state index is 0.304. The molecule has 0 spiro atoms. The van der Waals surface area contributed by atoms with E-state index in [1.807, 2.05) is 0 Å². The summed E-state index contributed by atoms with van der Waals surface area (Å²) in [5.41, 5.74) is 10.2. The van der Waals surface area contributed by atoms with Crippen molar-refractivity contribution < 1.29 is 0 Å². The fourth-order valence-electron chi connectivity index (χ4n) is 2.90. The Morgan fingerprint density at radius 2 is 1.65 bits per heavy atom. The summed E-state index contributed by atoms with van der Waals surface area (Å²) < 4.78 is 0. The van der Waals surface area contributed by atoms with Crippen LogP contribution in [0.3, 0.4) is 0 Å². The summed E-state index contributed by atoms with van der Waals surface area (Å²) in [5.74, 6) is 0. The molecule has 1 unspecified atom stereocenters. The van der Waals surface area contributed by atoms with E-state index in [9.17, 15) is 0 Å². The second-order valence-electron chi connectivity index (χ2n) is 5.20. The number of nitrogens with two attached hydrogens (primary N) is 1. The highest BCUT2D eigenvalue weighted by Crippen LogP contribution is 2.31. The van der Waals surface area contributed by atoms with E-state index >= 15 is 0 Å². The van der Waals surface area contributed by atoms with Crippen molar-refractivity contribution in [2.24, 2.45) is 5.73 Å². The van der Waals surface area contributed by atoms with Crippen LogP contribution in [0.5, 0.6) is 0 Å². The Kier molecular flexibility index (Phi) is 4.10. The molecule has 1 heterocycles. The Morgan fingerprint density at radius 1 is 1.05 bits per heavy atom. The number of rotatable bonds is 4. The minimum Gasteiger partial charge on any atom is -0.329 e. The van der Waals surface area contributed by atoms with Gasteiger partial charge in [0, 0.05) is 30.6 Å². The van der Waals surface area contributed by atoms with Crippen LogP contribution in [0, 0.1) is 0 Å². The highest BCUT2D eigenvalue weighted by molar-refractivity contribution is 7.98. The van der Waals surface area contributed by atoms with Crippen molar-refractivity contribution in [3.8, 4) is 0 Å². The van der Waals surface area contributed by atoms with Crippen molar-refractivity contribution in [1.29, 1.82) is 0 Å². The molecule has 2 aromatic carbocycles. The van der Waals surface area contributed by atoms with Gasteiger partial charge in [-0.1, -0.05) is 36.4 Å². The Hall–Kier alpha value is -1.29. The van der Waals surface area contributed by atoms with E-state index < -0.39 is 0 Å². The molecule has 0 amide bonds. The number of thioether (sulfide) groups is 1. The lowest BCUT2D eigenvalue weighted by Gasteiger charge is -2.26. The summed E-state index contributed by atoms with van der Waals surface area (Å²) in [6.45, 7) is 2.66. The molecule has 1 aliphatic rings. The molecule has 104 valence electrons. The van der Waals surface area contributed by atoms with Crippen LogP contribution >= 0.6 is 11.8 Å². The summed E-state index contributed by atoms with van der Waals surface area (Å²) in [5, 5.41) is 0. The number of fused-ring (bicyclic) bond motifs is 1. The second kappa shape index (κ2) is 6.00. The van der Waals surface area contributed by atoms with E-state index in [4.69, 9.17) is 5.73 Å². The van der Waals surface area contributed by atoms with Gasteiger partial charge >= 0.3 is 0 Å². The maximum absolute atomic E-state index is 6.04. The number of hydrogen-bond acceptors (Lipinski definition) is 3. The monoisotopic (exact) mass is 284 g/mol. The summed E-state index contributed by atoms with van der Waals surface area (Å²) in [4.78, 5) is 3.77. The predicted molar refractivity (Wildman–Crippen MR) is 85.7 cm³/mol. The van der Waals surface area contributed by atoms with Gasteiger partial charge in [0.05, 0.1) is 0 Å². The summed E-state index contributed by atoms with van der Waals surface area (Å²) in [7, 11) is 0. The van der Waals surface area contributed by atoms with Crippen LogP contribution in [0.4, 0.5) is 0 Å². The lowest BCUT2D eigenvalue weighted by atomic mass is 10.1. The standard InChI is InChI=1S/C17H20N2S/c1-20-16-8-6-13(7-9-16)17(10-18)19-11-14-4-2-3-5-15(14)12-19/h2-9,17H,10-12,18H2,1H3. The first-order chi connectivity index (χ1) is 9.81. The zero-order chi connectivity index (χ0) is 13.9. The molecule has 2 aromatic rings. The average molecular weight is 284 g/mol. The minimum atomic E-state index is 0.304. The molecule has 0 aliphatic carbocycles. The van der Waals surface area contributed by atoms with Crippen LogP contribution < -0.4 is 5.73 Å². The van der Waals surface area contributed by atoms with Gasteiger partial charge in [-0.2, -0.15) is 0 Å². The van der Waals surface area contributed by atoms with Gasteiger partial charge in [0.1, 0.15) is 0 Å². The first-order valence-corrected chi connectivity index (χ1v) is 8.19. The van der Waals surface area contributed by atoms with Crippen molar-refractivity contribution in [2.75, 3.05) is 12.8 Å². The molecule has 0 fully saturated rings. The molecular formula is C17H20N2S. The highest BCUT2D eigenvalue weighted by Gasteiger charge is 2.25. The zero-order valence-corrected chi connectivity index (χ0v) is 12.6. The highest BCUT2D eigenvalue weighted by atomic mass is 32.2. The molecule has 0 bridgehead atoms. The van der Waals surface area contributed by atoms with Gasteiger partial charge in [-0.3, -0.25) is 4.90 Å². The van der Waals surface area contributed by atoms with Gasteiger partial charge in [0.15, 0.2) is 0 Å². The molecule has 2 nitrogen and oxygen atoms in total. The summed E-state index contributed by atoms with van der Waals surface area (Å²) in [6.07, 6.45) is 2.10. The van der Waals surface area contributed by atoms with Gasteiger partial charge in [-0.05, 0) is 35.1 Å². The smallest absolute Gasteiger partial charge is 0.0477 e. The number of hydrogen-bond donors (Lipinski definition) is 1. The van der Waals surface area contributed by atoms with Gasteiger partial charge in [0.2, 0.25) is 0 Å². The first kappa shape index (κ1) is 13.7. The van der Waals surface area contributed by atoms with Crippen molar-refractivity contribution in [3.05, 3.63) is 65.2 Å².